The van der Waals surface area contributed by atoms with Crippen molar-refractivity contribution in [2.75, 3.05) is 39.5 Å². The van der Waals surface area contributed by atoms with Gasteiger partial charge in [0.05, 0.1) is 31.3 Å². The summed E-state index contributed by atoms with van der Waals surface area (Å²) in [7, 11) is 0. The van der Waals surface area contributed by atoms with Gasteiger partial charge in [0, 0.05) is 36.4 Å². The molecule has 2 amide bonds. The van der Waals surface area contributed by atoms with E-state index in [2.05, 4.69) is 5.32 Å². The zero-order chi connectivity index (χ0) is 24.5. The van der Waals surface area contributed by atoms with Crippen molar-refractivity contribution in [1.82, 2.24) is 14.2 Å². The highest BCUT2D eigenvalue weighted by Crippen LogP contribution is 2.40. The molecule has 3 heterocycles. The molecule has 0 spiro atoms. The highest BCUT2D eigenvalue weighted by molar-refractivity contribution is 7.77. The molecule has 2 fully saturated rings. The zero-order valence-corrected chi connectivity index (χ0v) is 20.8. The van der Waals surface area contributed by atoms with E-state index in [0.29, 0.717) is 42.7 Å². The number of hydrogen-bond donors (Lipinski definition) is 2. The minimum Gasteiger partial charge on any atom is -0.381 e. The number of amides is 2. The molecule has 35 heavy (non-hydrogen) atoms. The minimum atomic E-state index is -2.18. The molecule has 0 radical (unpaired) electrons. The van der Waals surface area contributed by atoms with Crippen LogP contribution in [0, 0.1) is 11.8 Å². The Morgan fingerprint density at radius 1 is 1.17 bits per heavy atom. The molecule has 5 rings (SSSR count). The molecule has 2 N–H and O–H groups in total. The van der Waals surface area contributed by atoms with Gasteiger partial charge in [0.25, 0.3) is 17.2 Å². The molecule has 2 aromatic rings. The number of benzene rings is 1. The second-order valence-corrected chi connectivity index (χ2v) is 10.6. The lowest BCUT2D eigenvalue weighted by molar-refractivity contribution is -0.125. The molecular weight excluding hydrogens is 470 g/mol. The lowest BCUT2D eigenvalue weighted by Crippen LogP contribution is -2.51. The summed E-state index contributed by atoms with van der Waals surface area (Å²) in [6.07, 6.45) is 4.67. The van der Waals surface area contributed by atoms with E-state index < -0.39 is 11.3 Å². The maximum Gasteiger partial charge on any atom is 0.266 e. The number of hydrogen-bond acceptors (Lipinski definition) is 5. The van der Waals surface area contributed by atoms with Crippen LogP contribution in [0.2, 0.25) is 0 Å². The van der Waals surface area contributed by atoms with Crippen LogP contribution in [0.15, 0.2) is 18.2 Å². The smallest absolute Gasteiger partial charge is 0.266 e. The summed E-state index contributed by atoms with van der Waals surface area (Å²) in [5.74, 6) is 0.670. The van der Waals surface area contributed by atoms with Gasteiger partial charge in [-0.25, -0.2) is 8.18 Å². The Balaban J connectivity index is 1.42. The van der Waals surface area contributed by atoms with Crippen LogP contribution in [-0.2, 0) is 38.4 Å². The van der Waals surface area contributed by atoms with Crippen LogP contribution in [0.4, 0.5) is 0 Å². The van der Waals surface area contributed by atoms with Crippen LogP contribution in [-0.4, -0.2) is 75.0 Å². The van der Waals surface area contributed by atoms with E-state index in [-0.39, 0.29) is 24.4 Å². The molecule has 1 aromatic carbocycles. The SMILES string of the molecule is CCN(CC(=O)NC1COC1)C(=O)c1ccc2c(c1)c1c(n2S(=O)O)CCC(C2CCOCC2)C1. The van der Waals surface area contributed by atoms with E-state index in [1.807, 2.05) is 13.0 Å². The fraction of sp³-hybridized carbons (Fsp3) is 0.600. The summed E-state index contributed by atoms with van der Waals surface area (Å²) in [6, 6.07) is 5.31. The van der Waals surface area contributed by atoms with Gasteiger partial charge < -0.3 is 19.7 Å². The van der Waals surface area contributed by atoms with Crippen molar-refractivity contribution >= 4 is 34.0 Å². The molecule has 3 aliphatic rings. The molecular formula is C25H33N3O6S. The molecule has 1 aromatic heterocycles. The lowest BCUT2D eigenvalue weighted by atomic mass is 9.75. The van der Waals surface area contributed by atoms with E-state index in [4.69, 9.17) is 9.47 Å². The average Bonchev–Trinajstić information content (AvgIpc) is 3.18. The average molecular weight is 504 g/mol. The van der Waals surface area contributed by atoms with Crippen LogP contribution in [0.5, 0.6) is 0 Å². The molecule has 2 unspecified atom stereocenters. The molecule has 10 heteroatoms. The first-order chi connectivity index (χ1) is 17.0. The van der Waals surface area contributed by atoms with Crippen molar-refractivity contribution in [2.45, 2.75) is 45.1 Å². The summed E-state index contributed by atoms with van der Waals surface area (Å²) in [5, 5.41) is 3.74. The van der Waals surface area contributed by atoms with Crippen molar-refractivity contribution in [3.63, 3.8) is 0 Å². The number of nitrogens with one attached hydrogen (secondary N) is 1. The molecule has 0 saturated carbocycles. The molecule has 190 valence electrons. The Morgan fingerprint density at radius 2 is 1.94 bits per heavy atom. The summed E-state index contributed by atoms with van der Waals surface area (Å²) in [5.41, 5.74) is 3.12. The van der Waals surface area contributed by atoms with Gasteiger partial charge in [-0.15, -0.1) is 0 Å². The van der Waals surface area contributed by atoms with E-state index in [1.165, 1.54) is 8.87 Å². The van der Waals surface area contributed by atoms with Crippen molar-refractivity contribution in [3.8, 4) is 0 Å². The highest BCUT2D eigenvalue weighted by atomic mass is 32.2. The van der Waals surface area contributed by atoms with E-state index in [0.717, 1.165) is 62.0 Å². The Morgan fingerprint density at radius 3 is 2.60 bits per heavy atom. The maximum absolute atomic E-state index is 13.3. The van der Waals surface area contributed by atoms with Crippen molar-refractivity contribution in [3.05, 3.63) is 35.0 Å². The molecule has 1 aliphatic carbocycles. The molecule has 2 aliphatic heterocycles. The topological polar surface area (TPSA) is 110 Å². The second kappa shape index (κ2) is 10.4. The normalized spacial score (nSPS) is 21.8. The third kappa shape index (κ3) is 4.89. The Kier molecular flexibility index (Phi) is 7.24. The number of carbonyl (C=O) groups is 2. The standard InChI is InChI=1S/C25H33N3O6S/c1-2-27(13-24(29)26-19-14-34-15-19)25(30)18-4-6-23-21(12-18)20-11-17(16-7-9-33-10-8-16)3-5-22(20)28(23)35(31)32/h4,6,12,16-17,19H,2-3,5,7-11,13-15H2,1H3,(H,26,29)(H,31,32). The van der Waals surface area contributed by atoms with Crippen molar-refractivity contribution in [2.24, 2.45) is 11.8 Å². The number of nitrogens with zero attached hydrogens (tertiary/aromatic N) is 2. The van der Waals surface area contributed by atoms with Crippen LogP contribution >= 0.6 is 0 Å². The molecule has 2 saturated heterocycles. The largest absolute Gasteiger partial charge is 0.381 e. The van der Waals surface area contributed by atoms with Gasteiger partial charge in [0.15, 0.2) is 0 Å². The van der Waals surface area contributed by atoms with Gasteiger partial charge in [0.2, 0.25) is 5.91 Å². The third-order valence-electron chi connectivity index (χ3n) is 7.69. The van der Waals surface area contributed by atoms with Crippen molar-refractivity contribution < 1.29 is 27.8 Å². The van der Waals surface area contributed by atoms with E-state index in [1.54, 1.807) is 12.1 Å². The molecule has 9 nitrogen and oxygen atoms in total. The van der Waals surface area contributed by atoms with Crippen LogP contribution in [0.1, 0.15) is 47.8 Å². The third-order valence-corrected chi connectivity index (χ3v) is 8.42. The Hall–Kier alpha value is -2.27. The lowest BCUT2D eigenvalue weighted by Gasteiger charge is -2.33. The Bertz CT molecular complexity index is 1140. The van der Waals surface area contributed by atoms with Crippen molar-refractivity contribution in [1.29, 1.82) is 0 Å². The number of aromatic nitrogens is 1. The fourth-order valence-corrected chi connectivity index (χ4v) is 6.44. The number of fused-ring (bicyclic) bond motifs is 3. The summed E-state index contributed by atoms with van der Waals surface area (Å²) >= 11 is -2.18. The second-order valence-electron chi connectivity index (χ2n) is 9.76. The first-order valence-electron chi connectivity index (χ1n) is 12.5. The quantitative estimate of drug-likeness (QED) is 0.560. The number of carbonyl (C=O) groups excluding carboxylic acids is 2. The van der Waals surface area contributed by atoms with Gasteiger partial charge in [-0.2, -0.15) is 0 Å². The maximum atomic E-state index is 13.3. The first-order valence-corrected chi connectivity index (χ1v) is 13.5. The first kappa shape index (κ1) is 24.4. The van der Waals surface area contributed by atoms with Gasteiger partial charge in [-0.3, -0.25) is 14.1 Å². The fourth-order valence-electron chi connectivity index (χ4n) is 5.72. The van der Waals surface area contributed by atoms with Gasteiger partial charge >= 0.3 is 0 Å². The van der Waals surface area contributed by atoms with Gasteiger partial charge in [-0.1, -0.05) is 0 Å². The zero-order valence-electron chi connectivity index (χ0n) is 20.0. The monoisotopic (exact) mass is 503 g/mol. The van der Waals surface area contributed by atoms with Crippen LogP contribution < -0.4 is 5.32 Å². The predicted molar refractivity (Wildman–Crippen MR) is 131 cm³/mol. The molecule has 2 atom stereocenters. The van der Waals surface area contributed by atoms with E-state index >= 15 is 0 Å². The Labute approximate surface area is 207 Å². The molecule has 0 bridgehead atoms. The van der Waals surface area contributed by atoms with Crippen LogP contribution in [0.3, 0.4) is 0 Å². The number of rotatable bonds is 7. The van der Waals surface area contributed by atoms with Crippen LogP contribution in [0.25, 0.3) is 10.9 Å². The van der Waals surface area contributed by atoms with Gasteiger partial charge in [0.1, 0.15) is 0 Å². The summed E-state index contributed by atoms with van der Waals surface area (Å²) < 4.78 is 34.5. The summed E-state index contributed by atoms with van der Waals surface area (Å²) in [4.78, 5) is 27.2. The number of ether oxygens (including phenoxy) is 2. The minimum absolute atomic E-state index is 0.0157. The van der Waals surface area contributed by atoms with Gasteiger partial charge in [-0.05, 0) is 74.6 Å². The highest BCUT2D eigenvalue weighted by Gasteiger charge is 2.32. The predicted octanol–water partition coefficient (Wildman–Crippen LogP) is 2.13. The summed E-state index contributed by atoms with van der Waals surface area (Å²) in [6.45, 7) is 4.83. The van der Waals surface area contributed by atoms with E-state index in [9.17, 15) is 18.4 Å². The number of likely N-dealkylation sites (N-methyl/N-ethyl adjacent to an activating group) is 1.